The van der Waals surface area contributed by atoms with Gasteiger partial charge >= 0.3 is 0 Å². The second-order valence-electron chi connectivity index (χ2n) is 6.40. The Hall–Kier alpha value is -1.14. The highest BCUT2D eigenvalue weighted by atomic mass is 16.2. The second kappa shape index (κ2) is 7.04. The van der Waals surface area contributed by atoms with Crippen LogP contribution < -0.4 is 11.1 Å². The smallest absolute Gasteiger partial charge is 0.240 e. The van der Waals surface area contributed by atoms with E-state index in [2.05, 4.69) is 10.2 Å². The summed E-state index contributed by atoms with van der Waals surface area (Å²) in [4.78, 5) is 27.7. The highest BCUT2D eigenvalue weighted by Gasteiger charge is 2.32. The Morgan fingerprint density at radius 2 is 1.75 bits per heavy atom. The molecule has 1 heterocycles. The van der Waals surface area contributed by atoms with Crippen LogP contribution in [0.1, 0.15) is 27.7 Å². The quantitative estimate of drug-likeness (QED) is 0.739. The summed E-state index contributed by atoms with van der Waals surface area (Å²) in [6, 6.07) is -0.475. The Labute approximate surface area is 121 Å². The molecule has 0 aromatic carbocycles. The molecule has 1 unspecified atom stereocenters. The van der Waals surface area contributed by atoms with Crippen LogP contribution in [0.2, 0.25) is 0 Å². The van der Waals surface area contributed by atoms with Crippen LogP contribution in [0.15, 0.2) is 0 Å². The molecule has 20 heavy (non-hydrogen) atoms. The van der Waals surface area contributed by atoms with Crippen LogP contribution in [0.4, 0.5) is 0 Å². The second-order valence-corrected chi connectivity index (χ2v) is 6.40. The number of carbonyl (C=O) groups is 2. The van der Waals surface area contributed by atoms with Crippen LogP contribution in [0.25, 0.3) is 0 Å². The molecule has 0 aliphatic carbocycles. The molecule has 2 amide bonds. The first kappa shape index (κ1) is 16.9. The van der Waals surface area contributed by atoms with E-state index in [1.807, 2.05) is 32.6 Å². The van der Waals surface area contributed by atoms with Gasteiger partial charge in [0.15, 0.2) is 0 Å². The topological polar surface area (TPSA) is 78.7 Å². The summed E-state index contributed by atoms with van der Waals surface area (Å²) in [6.07, 6.45) is 0. The Kier molecular flexibility index (Phi) is 5.95. The average Bonchev–Trinajstić information content (AvgIpc) is 2.37. The van der Waals surface area contributed by atoms with Gasteiger partial charge in [0.05, 0.1) is 12.6 Å². The predicted molar refractivity (Wildman–Crippen MR) is 79.1 cm³/mol. The molecule has 0 aromatic heterocycles. The number of hydrogen-bond acceptors (Lipinski definition) is 4. The average molecular weight is 284 g/mol. The number of amides is 2. The van der Waals surface area contributed by atoms with Crippen LogP contribution in [0.5, 0.6) is 0 Å². The van der Waals surface area contributed by atoms with Gasteiger partial charge in [-0.15, -0.1) is 0 Å². The molecule has 116 valence electrons. The summed E-state index contributed by atoms with van der Waals surface area (Å²) in [5.74, 6) is 0.0498. The van der Waals surface area contributed by atoms with Gasteiger partial charge in [-0.05, 0) is 12.3 Å². The van der Waals surface area contributed by atoms with Gasteiger partial charge in [-0.25, -0.2) is 0 Å². The van der Waals surface area contributed by atoms with Gasteiger partial charge in [0, 0.05) is 32.7 Å². The van der Waals surface area contributed by atoms with Gasteiger partial charge in [0.1, 0.15) is 0 Å². The fourth-order valence-electron chi connectivity index (χ4n) is 2.15. The largest absolute Gasteiger partial charge is 0.355 e. The number of carbonyl (C=O) groups excluding carboxylic acids is 2. The fourth-order valence-corrected chi connectivity index (χ4v) is 2.15. The maximum absolute atomic E-state index is 12.3. The normalized spacial score (nSPS) is 18.8. The van der Waals surface area contributed by atoms with Crippen molar-refractivity contribution in [3.63, 3.8) is 0 Å². The fraction of sp³-hybridized carbons (Fsp3) is 0.857. The number of piperazine rings is 1. The van der Waals surface area contributed by atoms with Crippen molar-refractivity contribution in [3.8, 4) is 0 Å². The van der Waals surface area contributed by atoms with E-state index >= 15 is 0 Å². The van der Waals surface area contributed by atoms with E-state index in [0.717, 1.165) is 13.1 Å². The molecule has 1 fully saturated rings. The van der Waals surface area contributed by atoms with Crippen LogP contribution in [-0.2, 0) is 9.59 Å². The van der Waals surface area contributed by atoms with E-state index in [9.17, 15) is 9.59 Å². The van der Waals surface area contributed by atoms with Crippen LogP contribution in [-0.4, -0.2) is 66.9 Å². The van der Waals surface area contributed by atoms with E-state index in [1.165, 1.54) is 0 Å². The lowest BCUT2D eigenvalue weighted by Gasteiger charge is -2.37. The first-order valence-electron chi connectivity index (χ1n) is 7.29. The van der Waals surface area contributed by atoms with Crippen molar-refractivity contribution in [1.29, 1.82) is 0 Å². The lowest BCUT2D eigenvalue weighted by Crippen LogP contribution is -2.57. The number of nitrogens with one attached hydrogen (secondary N) is 1. The predicted octanol–water partition coefficient (Wildman–Crippen LogP) is -0.360. The standard InChI is InChI=1S/C14H28N4O2/c1-5-16-11(19)10-17-6-8-18(9-7-17)13(20)12(15)14(2,3)4/h12H,5-10,15H2,1-4H3,(H,16,19). The van der Waals surface area contributed by atoms with Crippen molar-refractivity contribution in [2.24, 2.45) is 11.1 Å². The third-order valence-corrected chi connectivity index (χ3v) is 3.62. The van der Waals surface area contributed by atoms with Crippen molar-refractivity contribution in [2.45, 2.75) is 33.7 Å². The first-order chi connectivity index (χ1) is 9.25. The zero-order valence-corrected chi connectivity index (χ0v) is 13.1. The maximum Gasteiger partial charge on any atom is 0.240 e. The monoisotopic (exact) mass is 284 g/mol. The molecule has 1 aliphatic heterocycles. The minimum atomic E-state index is -0.475. The van der Waals surface area contributed by atoms with Crippen LogP contribution in [0.3, 0.4) is 0 Å². The maximum atomic E-state index is 12.3. The number of likely N-dealkylation sites (N-methyl/N-ethyl adjacent to an activating group) is 1. The van der Waals surface area contributed by atoms with Gasteiger partial charge < -0.3 is 16.0 Å². The van der Waals surface area contributed by atoms with Crippen LogP contribution in [0, 0.1) is 5.41 Å². The number of rotatable bonds is 4. The molecule has 0 spiro atoms. The highest BCUT2D eigenvalue weighted by molar-refractivity contribution is 5.82. The molecular formula is C14H28N4O2. The van der Waals surface area contributed by atoms with Gasteiger partial charge in [0.25, 0.3) is 0 Å². The Morgan fingerprint density at radius 1 is 1.20 bits per heavy atom. The van der Waals surface area contributed by atoms with Crippen molar-refractivity contribution >= 4 is 11.8 Å². The molecule has 1 saturated heterocycles. The third kappa shape index (κ3) is 4.76. The Morgan fingerprint density at radius 3 is 2.20 bits per heavy atom. The summed E-state index contributed by atoms with van der Waals surface area (Å²) in [7, 11) is 0. The van der Waals surface area contributed by atoms with Gasteiger partial charge in [-0.3, -0.25) is 14.5 Å². The summed E-state index contributed by atoms with van der Waals surface area (Å²) < 4.78 is 0. The molecule has 1 aliphatic rings. The van der Waals surface area contributed by atoms with Crippen LogP contribution >= 0.6 is 0 Å². The Bertz CT molecular complexity index is 344. The minimum absolute atomic E-state index is 0.00941. The van der Waals surface area contributed by atoms with E-state index in [0.29, 0.717) is 26.2 Å². The van der Waals surface area contributed by atoms with E-state index in [-0.39, 0.29) is 17.2 Å². The Balaban J connectivity index is 2.42. The van der Waals surface area contributed by atoms with Crippen molar-refractivity contribution in [1.82, 2.24) is 15.1 Å². The zero-order chi connectivity index (χ0) is 15.3. The van der Waals surface area contributed by atoms with E-state index in [1.54, 1.807) is 0 Å². The van der Waals surface area contributed by atoms with Gasteiger partial charge in [0.2, 0.25) is 11.8 Å². The molecule has 0 saturated carbocycles. The van der Waals surface area contributed by atoms with Crippen molar-refractivity contribution < 1.29 is 9.59 Å². The zero-order valence-electron chi connectivity index (χ0n) is 13.1. The molecule has 3 N–H and O–H groups in total. The molecular weight excluding hydrogens is 256 g/mol. The minimum Gasteiger partial charge on any atom is -0.355 e. The number of nitrogens with two attached hydrogens (primary N) is 1. The molecule has 0 aromatic rings. The van der Waals surface area contributed by atoms with E-state index < -0.39 is 6.04 Å². The number of nitrogens with zero attached hydrogens (tertiary/aromatic N) is 2. The van der Waals surface area contributed by atoms with Gasteiger partial charge in [-0.2, -0.15) is 0 Å². The molecule has 1 atom stereocenters. The molecule has 6 heteroatoms. The third-order valence-electron chi connectivity index (χ3n) is 3.62. The molecule has 1 rings (SSSR count). The van der Waals surface area contributed by atoms with E-state index in [4.69, 9.17) is 5.73 Å². The molecule has 0 bridgehead atoms. The molecule has 6 nitrogen and oxygen atoms in total. The SMILES string of the molecule is CCNC(=O)CN1CCN(C(=O)C(N)C(C)(C)C)CC1. The summed E-state index contributed by atoms with van der Waals surface area (Å²) in [5, 5.41) is 2.78. The van der Waals surface area contributed by atoms with Gasteiger partial charge in [-0.1, -0.05) is 20.8 Å². The summed E-state index contributed by atoms with van der Waals surface area (Å²) >= 11 is 0. The number of hydrogen-bond donors (Lipinski definition) is 2. The van der Waals surface area contributed by atoms with Crippen molar-refractivity contribution in [3.05, 3.63) is 0 Å². The first-order valence-corrected chi connectivity index (χ1v) is 7.29. The summed E-state index contributed by atoms with van der Waals surface area (Å²) in [5.41, 5.74) is 5.78. The lowest BCUT2D eigenvalue weighted by molar-refractivity contribution is -0.136. The molecule has 0 radical (unpaired) electrons. The summed E-state index contributed by atoms with van der Waals surface area (Å²) in [6.45, 7) is 11.6. The van der Waals surface area contributed by atoms with Crippen molar-refractivity contribution in [2.75, 3.05) is 39.3 Å². The lowest BCUT2D eigenvalue weighted by atomic mass is 9.86. The highest BCUT2D eigenvalue weighted by Crippen LogP contribution is 2.19.